The van der Waals surface area contributed by atoms with E-state index >= 15 is 0 Å². The highest BCUT2D eigenvalue weighted by molar-refractivity contribution is 7.99. The maximum absolute atomic E-state index is 12.3. The van der Waals surface area contributed by atoms with Gasteiger partial charge in [-0.1, -0.05) is 25.1 Å². The summed E-state index contributed by atoms with van der Waals surface area (Å²) >= 11 is 1.48. The Morgan fingerprint density at radius 1 is 1.48 bits per heavy atom. The minimum Gasteiger partial charge on any atom is -0.465 e. The van der Waals surface area contributed by atoms with E-state index in [1.807, 2.05) is 6.92 Å². The van der Waals surface area contributed by atoms with Gasteiger partial charge in [0.05, 0.1) is 12.6 Å². The van der Waals surface area contributed by atoms with E-state index in [1.54, 1.807) is 17.6 Å². The van der Waals surface area contributed by atoms with Crippen molar-refractivity contribution in [2.24, 2.45) is 0 Å². The molecule has 1 N–H and O–H groups in total. The molecular formula is C15H21N3O4S. The van der Waals surface area contributed by atoms with Crippen LogP contribution in [-0.2, 0) is 20.7 Å². The van der Waals surface area contributed by atoms with Gasteiger partial charge in [0, 0.05) is 23.9 Å². The molecule has 0 saturated heterocycles. The number of rotatable bonds is 7. The first-order chi connectivity index (χ1) is 11.0. The lowest BCUT2D eigenvalue weighted by molar-refractivity contribution is -0.143. The van der Waals surface area contributed by atoms with Gasteiger partial charge in [-0.2, -0.15) is 0 Å². The SMILES string of the molecule is CCCc1cc(=O)n2c(n1)SCC2CC(=O)NCC(=O)OCC. The molecule has 1 aromatic rings. The normalized spacial score (nSPS) is 16.0. The van der Waals surface area contributed by atoms with Crippen molar-refractivity contribution in [3.8, 4) is 0 Å². The second kappa shape index (κ2) is 8.14. The molecule has 0 aliphatic carbocycles. The van der Waals surface area contributed by atoms with Crippen molar-refractivity contribution >= 4 is 23.6 Å². The van der Waals surface area contributed by atoms with Gasteiger partial charge in [0.1, 0.15) is 6.54 Å². The Morgan fingerprint density at radius 3 is 2.96 bits per heavy atom. The average molecular weight is 339 g/mol. The van der Waals surface area contributed by atoms with Crippen molar-refractivity contribution in [3.63, 3.8) is 0 Å². The molecule has 1 amide bonds. The summed E-state index contributed by atoms with van der Waals surface area (Å²) < 4.78 is 6.33. The summed E-state index contributed by atoms with van der Waals surface area (Å²) in [5.41, 5.74) is 0.676. The zero-order valence-corrected chi connectivity index (χ0v) is 14.1. The van der Waals surface area contributed by atoms with Gasteiger partial charge < -0.3 is 10.1 Å². The molecule has 7 nitrogen and oxygen atoms in total. The quantitative estimate of drug-likeness (QED) is 0.587. The topological polar surface area (TPSA) is 90.3 Å². The molecule has 0 aromatic carbocycles. The fraction of sp³-hybridized carbons (Fsp3) is 0.600. The number of aromatic nitrogens is 2. The van der Waals surface area contributed by atoms with Crippen LogP contribution in [0, 0.1) is 0 Å². The highest BCUT2D eigenvalue weighted by Crippen LogP contribution is 2.31. The first-order valence-corrected chi connectivity index (χ1v) is 8.71. The van der Waals surface area contributed by atoms with Crippen molar-refractivity contribution < 1.29 is 14.3 Å². The van der Waals surface area contributed by atoms with Crippen molar-refractivity contribution in [1.29, 1.82) is 0 Å². The van der Waals surface area contributed by atoms with Crippen molar-refractivity contribution in [1.82, 2.24) is 14.9 Å². The molecule has 1 aliphatic rings. The summed E-state index contributed by atoms with van der Waals surface area (Å²) in [5.74, 6) is -0.115. The van der Waals surface area contributed by atoms with Gasteiger partial charge in [-0.25, -0.2) is 4.98 Å². The van der Waals surface area contributed by atoms with Crippen molar-refractivity contribution in [2.75, 3.05) is 18.9 Å². The zero-order valence-electron chi connectivity index (χ0n) is 13.3. The minimum atomic E-state index is -0.468. The standard InChI is InChI=1S/C15H21N3O4S/c1-3-5-10-6-13(20)18-11(9-23-15(18)17-10)7-12(19)16-8-14(21)22-4-2/h6,11H,3-5,7-9H2,1-2H3,(H,16,19). The summed E-state index contributed by atoms with van der Waals surface area (Å²) in [5, 5.41) is 3.19. The fourth-order valence-electron chi connectivity index (χ4n) is 2.40. The monoisotopic (exact) mass is 339 g/mol. The highest BCUT2D eigenvalue weighted by atomic mass is 32.2. The van der Waals surface area contributed by atoms with Crippen LogP contribution in [0.3, 0.4) is 0 Å². The molecule has 1 unspecified atom stereocenters. The molecule has 1 aliphatic heterocycles. The molecule has 1 aromatic heterocycles. The van der Waals surface area contributed by atoms with Crippen LogP contribution in [0.2, 0.25) is 0 Å². The van der Waals surface area contributed by atoms with Gasteiger partial charge in [0.25, 0.3) is 5.56 Å². The maximum Gasteiger partial charge on any atom is 0.325 e. The number of esters is 1. The second-order valence-electron chi connectivity index (χ2n) is 5.24. The fourth-order valence-corrected chi connectivity index (χ4v) is 3.57. The molecule has 0 bridgehead atoms. The van der Waals surface area contributed by atoms with E-state index in [4.69, 9.17) is 4.74 Å². The van der Waals surface area contributed by atoms with Crippen LogP contribution < -0.4 is 10.9 Å². The van der Waals surface area contributed by atoms with Gasteiger partial charge in [0.2, 0.25) is 5.91 Å². The summed E-state index contributed by atoms with van der Waals surface area (Å²) in [7, 11) is 0. The van der Waals surface area contributed by atoms with E-state index in [0.717, 1.165) is 18.5 Å². The number of nitrogens with one attached hydrogen (secondary N) is 1. The molecule has 2 rings (SSSR count). The number of amides is 1. The van der Waals surface area contributed by atoms with Crippen molar-refractivity contribution in [3.05, 3.63) is 22.1 Å². The number of nitrogens with zero attached hydrogens (tertiary/aromatic N) is 2. The van der Waals surface area contributed by atoms with E-state index in [2.05, 4.69) is 10.3 Å². The third kappa shape index (κ3) is 4.57. The lowest BCUT2D eigenvalue weighted by atomic mass is 10.2. The second-order valence-corrected chi connectivity index (χ2v) is 6.23. The van der Waals surface area contributed by atoms with E-state index in [1.165, 1.54) is 11.8 Å². The Balaban J connectivity index is 1.99. The number of carbonyl (C=O) groups is 2. The van der Waals surface area contributed by atoms with E-state index in [0.29, 0.717) is 10.9 Å². The Kier molecular flexibility index (Phi) is 6.20. The van der Waals surface area contributed by atoms with Crippen LogP contribution in [0.15, 0.2) is 16.0 Å². The molecule has 23 heavy (non-hydrogen) atoms. The number of fused-ring (bicyclic) bond motifs is 1. The van der Waals surface area contributed by atoms with Gasteiger partial charge in [-0.15, -0.1) is 0 Å². The van der Waals surface area contributed by atoms with Crippen LogP contribution in [-0.4, -0.2) is 40.3 Å². The van der Waals surface area contributed by atoms with Crippen LogP contribution in [0.25, 0.3) is 0 Å². The zero-order chi connectivity index (χ0) is 16.8. The van der Waals surface area contributed by atoms with Crippen LogP contribution >= 0.6 is 11.8 Å². The first-order valence-electron chi connectivity index (χ1n) is 7.72. The van der Waals surface area contributed by atoms with Crippen LogP contribution in [0.4, 0.5) is 0 Å². The summed E-state index contributed by atoms with van der Waals surface area (Å²) in [6.45, 7) is 3.87. The third-order valence-electron chi connectivity index (χ3n) is 3.41. The molecule has 2 heterocycles. The van der Waals surface area contributed by atoms with Gasteiger partial charge >= 0.3 is 5.97 Å². The molecule has 0 saturated carbocycles. The highest BCUT2D eigenvalue weighted by Gasteiger charge is 2.27. The Morgan fingerprint density at radius 2 is 2.26 bits per heavy atom. The number of hydrogen-bond acceptors (Lipinski definition) is 6. The molecule has 0 fully saturated rings. The predicted octanol–water partition coefficient (Wildman–Crippen LogP) is 0.912. The number of ether oxygens (including phenoxy) is 1. The molecule has 1 atom stereocenters. The van der Waals surface area contributed by atoms with Gasteiger partial charge in [-0.05, 0) is 13.3 Å². The molecule has 0 radical (unpaired) electrons. The lowest BCUT2D eigenvalue weighted by Gasteiger charge is -2.13. The largest absolute Gasteiger partial charge is 0.465 e. The predicted molar refractivity (Wildman–Crippen MR) is 86.5 cm³/mol. The van der Waals surface area contributed by atoms with E-state index < -0.39 is 5.97 Å². The third-order valence-corrected chi connectivity index (χ3v) is 4.50. The minimum absolute atomic E-state index is 0.119. The molecule has 8 heteroatoms. The first kappa shape index (κ1) is 17.5. The number of carbonyl (C=O) groups excluding carboxylic acids is 2. The maximum atomic E-state index is 12.3. The van der Waals surface area contributed by atoms with E-state index in [-0.39, 0.29) is 37.1 Å². The van der Waals surface area contributed by atoms with Crippen molar-refractivity contribution in [2.45, 2.75) is 44.3 Å². The van der Waals surface area contributed by atoms with Gasteiger partial charge in [0.15, 0.2) is 5.16 Å². The molecule has 126 valence electrons. The summed E-state index contributed by atoms with van der Waals surface area (Å²) in [6.07, 6.45) is 1.85. The van der Waals surface area contributed by atoms with E-state index in [9.17, 15) is 14.4 Å². The Hall–Kier alpha value is -1.83. The van der Waals surface area contributed by atoms with Crippen LogP contribution in [0.5, 0.6) is 0 Å². The Bertz CT molecular complexity index is 644. The number of hydrogen-bond donors (Lipinski definition) is 1. The molecular weight excluding hydrogens is 318 g/mol. The average Bonchev–Trinajstić information content (AvgIpc) is 2.89. The lowest BCUT2D eigenvalue weighted by Crippen LogP contribution is -2.34. The number of aryl methyl sites for hydroxylation is 1. The summed E-state index contributed by atoms with van der Waals surface area (Å²) in [4.78, 5) is 39.9. The Labute approximate surface area is 138 Å². The summed E-state index contributed by atoms with van der Waals surface area (Å²) in [6, 6.07) is 1.32. The molecule has 0 spiro atoms. The smallest absolute Gasteiger partial charge is 0.325 e. The number of thioether (sulfide) groups is 1. The van der Waals surface area contributed by atoms with Gasteiger partial charge in [-0.3, -0.25) is 19.0 Å². The van der Waals surface area contributed by atoms with Crippen LogP contribution in [0.1, 0.15) is 38.4 Å².